The van der Waals surface area contributed by atoms with Crippen molar-refractivity contribution in [3.05, 3.63) is 56.3 Å². The first-order valence-corrected chi connectivity index (χ1v) is 9.53. The van der Waals surface area contributed by atoms with Crippen LogP contribution in [0.5, 0.6) is 5.75 Å². The number of hydrogen-bond donors (Lipinski definition) is 1. The molecule has 0 saturated carbocycles. The summed E-state index contributed by atoms with van der Waals surface area (Å²) in [6.07, 6.45) is 1.96. The maximum atomic E-state index is 6.24. The van der Waals surface area contributed by atoms with Crippen LogP contribution in [0.4, 0.5) is 10.8 Å². The maximum absolute atomic E-state index is 6.24. The molecule has 0 spiro atoms. The predicted molar refractivity (Wildman–Crippen MR) is 104 cm³/mol. The lowest BCUT2D eigenvalue weighted by Gasteiger charge is -2.19. The first kappa shape index (κ1) is 15.9. The van der Waals surface area contributed by atoms with Crippen LogP contribution in [0.2, 0.25) is 5.02 Å². The van der Waals surface area contributed by atoms with Gasteiger partial charge in [0.2, 0.25) is 0 Å². The summed E-state index contributed by atoms with van der Waals surface area (Å²) < 4.78 is 6.68. The molecule has 0 atom stereocenters. The van der Waals surface area contributed by atoms with Crippen LogP contribution in [-0.2, 0) is 12.8 Å². The average molecular weight is 422 g/mol. The SMILES string of the molecule is COc1ccc(Br)c2c1-c1nc(Nc3ccccc3Cl)sc1CC2. The highest BCUT2D eigenvalue weighted by Gasteiger charge is 2.26. The van der Waals surface area contributed by atoms with Crippen LogP contribution in [0.25, 0.3) is 11.3 Å². The predicted octanol–water partition coefficient (Wildman–Crippen LogP) is 6.08. The van der Waals surface area contributed by atoms with Gasteiger partial charge in [-0.15, -0.1) is 11.3 Å². The van der Waals surface area contributed by atoms with E-state index in [1.165, 1.54) is 10.4 Å². The van der Waals surface area contributed by atoms with Crippen molar-refractivity contribution in [2.24, 2.45) is 0 Å². The number of para-hydroxylation sites is 1. The zero-order chi connectivity index (χ0) is 16.7. The number of benzene rings is 2. The molecule has 0 fully saturated rings. The lowest BCUT2D eigenvalue weighted by atomic mass is 9.93. The van der Waals surface area contributed by atoms with Crippen LogP contribution in [0.15, 0.2) is 40.9 Å². The number of nitrogens with zero attached hydrogens (tertiary/aromatic N) is 1. The van der Waals surface area contributed by atoms with E-state index in [9.17, 15) is 0 Å². The van der Waals surface area contributed by atoms with Gasteiger partial charge in [-0.25, -0.2) is 4.98 Å². The van der Waals surface area contributed by atoms with Crippen molar-refractivity contribution in [2.45, 2.75) is 12.8 Å². The highest BCUT2D eigenvalue weighted by molar-refractivity contribution is 9.10. The molecule has 0 unspecified atom stereocenters. The topological polar surface area (TPSA) is 34.1 Å². The van der Waals surface area contributed by atoms with Gasteiger partial charge in [0.25, 0.3) is 0 Å². The van der Waals surface area contributed by atoms with Crippen LogP contribution in [0, 0.1) is 0 Å². The minimum atomic E-state index is 0.686. The molecule has 1 N–H and O–H groups in total. The Hall–Kier alpha value is -1.56. The molecule has 6 heteroatoms. The molecule has 1 heterocycles. The Morgan fingerprint density at radius 2 is 2.04 bits per heavy atom. The Bertz CT molecular complexity index is 925. The van der Waals surface area contributed by atoms with Gasteiger partial charge in [-0.1, -0.05) is 39.7 Å². The van der Waals surface area contributed by atoms with Crippen molar-refractivity contribution >= 4 is 49.7 Å². The molecular formula is C18H14BrClN2OS. The number of anilines is 2. The van der Waals surface area contributed by atoms with Gasteiger partial charge in [0.05, 0.1) is 23.5 Å². The number of aryl methyl sites for hydroxylation is 1. The van der Waals surface area contributed by atoms with E-state index in [1.807, 2.05) is 36.4 Å². The van der Waals surface area contributed by atoms with Gasteiger partial charge in [0.15, 0.2) is 5.13 Å². The van der Waals surface area contributed by atoms with Crippen molar-refractivity contribution < 1.29 is 4.74 Å². The van der Waals surface area contributed by atoms with Crippen molar-refractivity contribution in [1.82, 2.24) is 4.98 Å². The third-order valence-corrected chi connectivity index (χ3v) is 6.19. The van der Waals surface area contributed by atoms with Crippen LogP contribution in [0.3, 0.4) is 0 Å². The fraction of sp³-hybridized carbons (Fsp3) is 0.167. The van der Waals surface area contributed by atoms with Crippen LogP contribution in [-0.4, -0.2) is 12.1 Å². The molecule has 0 amide bonds. The number of fused-ring (bicyclic) bond motifs is 3. The van der Waals surface area contributed by atoms with Crippen LogP contribution >= 0.6 is 38.9 Å². The van der Waals surface area contributed by atoms with E-state index in [4.69, 9.17) is 21.3 Å². The fourth-order valence-electron chi connectivity index (χ4n) is 2.96. The fourth-order valence-corrected chi connectivity index (χ4v) is 4.65. The number of aromatic nitrogens is 1. The summed E-state index contributed by atoms with van der Waals surface area (Å²) in [5.41, 5.74) is 4.23. The largest absolute Gasteiger partial charge is 0.496 e. The monoisotopic (exact) mass is 420 g/mol. The third kappa shape index (κ3) is 2.70. The quantitative estimate of drug-likeness (QED) is 0.557. The van der Waals surface area contributed by atoms with E-state index >= 15 is 0 Å². The summed E-state index contributed by atoms with van der Waals surface area (Å²) in [4.78, 5) is 6.10. The number of ether oxygens (including phenoxy) is 1. The van der Waals surface area contributed by atoms with E-state index in [0.29, 0.717) is 5.02 Å². The normalized spacial score (nSPS) is 12.5. The molecule has 0 aliphatic heterocycles. The molecule has 0 radical (unpaired) electrons. The van der Waals surface area contributed by atoms with Crippen molar-refractivity contribution in [3.8, 4) is 17.0 Å². The van der Waals surface area contributed by atoms with Gasteiger partial charge in [0.1, 0.15) is 5.75 Å². The minimum absolute atomic E-state index is 0.686. The Morgan fingerprint density at radius 1 is 1.21 bits per heavy atom. The zero-order valence-electron chi connectivity index (χ0n) is 12.9. The molecule has 122 valence electrons. The Kier molecular flexibility index (Phi) is 4.24. The summed E-state index contributed by atoms with van der Waals surface area (Å²) in [5.74, 6) is 0.865. The van der Waals surface area contributed by atoms with Gasteiger partial charge in [-0.2, -0.15) is 0 Å². The van der Waals surface area contributed by atoms with Crippen molar-refractivity contribution in [2.75, 3.05) is 12.4 Å². The zero-order valence-corrected chi connectivity index (χ0v) is 16.1. The number of methoxy groups -OCH3 is 1. The molecule has 1 aliphatic carbocycles. The molecule has 1 aliphatic rings. The molecule has 0 bridgehead atoms. The molecule has 3 nitrogen and oxygen atoms in total. The third-order valence-electron chi connectivity index (χ3n) is 4.09. The summed E-state index contributed by atoms with van der Waals surface area (Å²) in [6, 6.07) is 11.7. The van der Waals surface area contributed by atoms with Gasteiger partial charge in [-0.3, -0.25) is 0 Å². The van der Waals surface area contributed by atoms with Gasteiger partial charge in [0, 0.05) is 14.9 Å². The Morgan fingerprint density at radius 3 is 2.83 bits per heavy atom. The Labute approximate surface area is 157 Å². The molecule has 0 saturated heterocycles. The number of halogens is 2. The molecule has 3 aromatic rings. The number of thiazole rings is 1. The lowest BCUT2D eigenvalue weighted by molar-refractivity contribution is 0.415. The second kappa shape index (κ2) is 6.39. The maximum Gasteiger partial charge on any atom is 0.188 e. The number of rotatable bonds is 3. The van der Waals surface area contributed by atoms with Gasteiger partial charge < -0.3 is 10.1 Å². The molecule has 1 aromatic heterocycles. The summed E-state index contributed by atoms with van der Waals surface area (Å²) in [6.45, 7) is 0. The molecular weight excluding hydrogens is 408 g/mol. The second-order valence-corrected chi connectivity index (χ2v) is 7.84. The molecule has 2 aromatic carbocycles. The van der Waals surface area contributed by atoms with Gasteiger partial charge >= 0.3 is 0 Å². The number of hydrogen-bond acceptors (Lipinski definition) is 4. The van der Waals surface area contributed by atoms with E-state index in [1.54, 1.807) is 18.4 Å². The van der Waals surface area contributed by atoms with E-state index < -0.39 is 0 Å². The first-order chi connectivity index (χ1) is 11.7. The highest BCUT2D eigenvalue weighted by atomic mass is 79.9. The second-order valence-electron chi connectivity index (χ2n) is 5.50. The van der Waals surface area contributed by atoms with Crippen LogP contribution < -0.4 is 10.1 Å². The summed E-state index contributed by atoms with van der Waals surface area (Å²) >= 11 is 11.6. The molecule has 4 rings (SSSR count). The highest BCUT2D eigenvalue weighted by Crippen LogP contribution is 2.45. The smallest absolute Gasteiger partial charge is 0.188 e. The lowest BCUT2D eigenvalue weighted by Crippen LogP contribution is -2.05. The standard InChI is InChI=1S/C18H14BrClN2OS/c1-23-14-8-7-11(19)10-6-9-15-17(16(10)14)22-18(24-15)21-13-5-3-2-4-12(13)20/h2-5,7-8H,6,9H2,1H3,(H,21,22). The van der Waals surface area contributed by atoms with E-state index in [0.717, 1.165) is 45.1 Å². The van der Waals surface area contributed by atoms with Gasteiger partial charge in [-0.05, 0) is 42.7 Å². The minimum Gasteiger partial charge on any atom is -0.496 e. The van der Waals surface area contributed by atoms with Crippen molar-refractivity contribution in [1.29, 1.82) is 0 Å². The first-order valence-electron chi connectivity index (χ1n) is 7.54. The van der Waals surface area contributed by atoms with E-state index in [2.05, 4.69) is 21.2 Å². The van der Waals surface area contributed by atoms with Crippen molar-refractivity contribution in [3.63, 3.8) is 0 Å². The van der Waals surface area contributed by atoms with Crippen LogP contribution in [0.1, 0.15) is 10.4 Å². The Balaban J connectivity index is 1.78. The summed E-state index contributed by atoms with van der Waals surface area (Å²) in [5, 5.41) is 4.87. The summed E-state index contributed by atoms with van der Waals surface area (Å²) in [7, 11) is 1.70. The number of nitrogens with one attached hydrogen (secondary N) is 1. The molecule has 24 heavy (non-hydrogen) atoms. The average Bonchev–Trinajstić information content (AvgIpc) is 3.00. The van der Waals surface area contributed by atoms with E-state index in [-0.39, 0.29) is 0 Å².